The van der Waals surface area contributed by atoms with E-state index in [1.165, 1.54) is 25.7 Å². The summed E-state index contributed by atoms with van der Waals surface area (Å²) in [5.41, 5.74) is 1.05. The van der Waals surface area contributed by atoms with E-state index >= 15 is 0 Å². The number of nitrogens with one attached hydrogen (secondary N) is 1. The van der Waals surface area contributed by atoms with Crippen LogP contribution in [-0.2, 0) is 0 Å². The van der Waals surface area contributed by atoms with Gasteiger partial charge >= 0.3 is 0 Å². The Morgan fingerprint density at radius 3 is 2.71 bits per heavy atom. The van der Waals surface area contributed by atoms with Gasteiger partial charge in [0.15, 0.2) is 0 Å². The van der Waals surface area contributed by atoms with E-state index in [4.69, 9.17) is 0 Å². The van der Waals surface area contributed by atoms with Crippen LogP contribution in [0.1, 0.15) is 32.6 Å². The van der Waals surface area contributed by atoms with Gasteiger partial charge in [0, 0.05) is 5.69 Å². The highest BCUT2D eigenvalue weighted by molar-refractivity contribution is 5.45. The molecule has 3 atom stereocenters. The minimum absolute atomic E-state index is 0.0415. The lowest BCUT2D eigenvalue weighted by Crippen LogP contribution is -2.31. The zero-order valence-electron chi connectivity index (χ0n) is 10.4. The first-order valence-electron chi connectivity index (χ1n) is 6.51. The van der Waals surface area contributed by atoms with Crippen molar-refractivity contribution in [3.05, 3.63) is 30.3 Å². The van der Waals surface area contributed by atoms with Gasteiger partial charge in [-0.2, -0.15) is 5.26 Å². The summed E-state index contributed by atoms with van der Waals surface area (Å²) in [7, 11) is 0. The van der Waals surface area contributed by atoms with Crippen molar-refractivity contribution in [2.24, 2.45) is 11.8 Å². The smallest absolute Gasteiger partial charge is 0.117 e. The van der Waals surface area contributed by atoms with Crippen molar-refractivity contribution >= 4 is 5.69 Å². The Balaban J connectivity index is 1.99. The third kappa shape index (κ3) is 3.23. The first-order chi connectivity index (χ1) is 8.29. The lowest BCUT2D eigenvalue weighted by molar-refractivity contribution is 0.274. The molecule has 0 radical (unpaired) electrons. The van der Waals surface area contributed by atoms with Gasteiger partial charge < -0.3 is 5.32 Å². The third-order valence-corrected chi connectivity index (χ3v) is 3.68. The largest absolute Gasteiger partial charge is 0.370 e. The number of rotatable bonds is 3. The minimum Gasteiger partial charge on any atom is -0.370 e. The molecule has 1 N–H and O–H groups in total. The molecular formula is C15H20N2. The van der Waals surface area contributed by atoms with E-state index < -0.39 is 0 Å². The van der Waals surface area contributed by atoms with Crippen molar-refractivity contribution in [3.8, 4) is 6.07 Å². The van der Waals surface area contributed by atoms with Gasteiger partial charge in [0.25, 0.3) is 0 Å². The highest BCUT2D eigenvalue weighted by Crippen LogP contribution is 2.31. The predicted molar refractivity (Wildman–Crippen MR) is 70.6 cm³/mol. The summed E-state index contributed by atoms with van der Waals surface area (Å²) in [5, 5.41) is 12.7. The van der Waals surface area contributed by atoms with Crippen LogP contribution >= 0.6 is 0 Å². The van der Waals surface area contributed by atoms with E-state index in [0.29, 0.717) is 5.92 Å². The van der Waals surface area contributed by atoms with Gasteiger partial charge in [0.1, 0.15) is 6.04 Å². The van der Waals surface area contributed by atoms with Crippen molar-refractivity contribution in [2.45, 2.75) is 38.6 Å². The molecular weight excluding hydrogens is 208 g/mol. The molecule has 1 saturated carbocycles. The normalized spacial score (nSPS) is 25.9. The number of hydrogen-bond acceptors (Lipinski definition) is 2. The summed E-state index contributed by atoms with van der Waals surface area (Å²) in [6.07, 6.45) is 4.95. The number of para-hydroxylation sites is 1. The van der Waals surface area contributed by atoms with Crippen molar-refractivity contribution in [1.29, 1.82) is 5.26 Å². The third-order valence-electron chi connectivity index (χ3n) is 3.68. The van der Waals surface area contributed by atoms with Crippen LogP contribution in [0.4, 0.5) is 5.69 Å². The number of hydrogen-bond donors (Lipinski definition) is 1. The average molecular weight is 228 g/mol. The lowest BCUT2D eigenvalue weighted by atomic mass is 9.79. The van der Waals surface area contributed by atoms with E-state index in [1.54, 1.807) is 0 Å². The topological polar surface area (TPSA) is 35.8 Å². The molecule has 1 aromatic carbocycles. The molecule has 0 amide bonds. The number of anilines is 1. The van der Waals surface area contributed by atoms with Crippen molar-refractivity contribution in [2.75, 3.05) is 5.32 Å². The van der Waals surface area contributed by atoms with Gasteiger partial charge in [0.05, 0.1) is 6.07 Å². The van der Waals surface area contributed by atoms with Gasteiger partial charge in [-0.15, -0.1) is 0 Å². The van der Waals surface area contributed by atoms with Gasteiger partial charge in [-0.1, -0.05) is 38.0 Å². The molecule has 0 saturated heterocycles. The fraction of sp³-hybridized carbons (Fsp3) is 0.533. The van der Waals surface area contributed by atoms with E-state index in [2.05, 4.69) is 18.3 Å². The standard InChI is InChI=1S/C15H20N2/c1-12-6-5-7-13(10-12)15(11-16)17-14-8-3-2-4-9-14/h2-4,8-9,12-13,15,17H,5-7,10H2,1H3. The fourth-order valence-corrected chi connectivity index (χ4v) is 2.75. The van der Waals surface area contributed by atoms with E-state index in [-0.39, 0.29) is 6.04 Å². The van der Waals surface area contributed by atoms with E-state index in [1.807, 2.05) is 30.3 Å². The molecule has 1 fully saturated rings. The predicted octanol–water partition coefficient (Wildman–Crippen LogP) is 3.82. The quantitative estimate of drug-likeness (QED) is 0.853. The van der Waals surface area contributed by atoms with Crippen LogP contribution in [-0.4, -0.2) is 6.04 Å². The molecule has 17 heavy (non-hydrogen) atoms. The van der Waals surface area contributed by atoms with Gasteiger partial charge in [-0.05, 0) is 36.8 Å². The fourth-order valence-electron chi connectivity index (χ4n) is 2.75. The second kappa shape index (κ2) is 5.72. The van der Waals surface area contributed by atoms with Gasteiger partial charge in [-0.25, -0.2) is 0 Å². The van der Waals surface area contributed by atoms with E-state index in [9.17, 15) is 5.26 Å². The average Bonchev–Trinajstić information content (AvgIpc) is 2.37. The Hall–Kier alpha value is -1.49. The molecule has 1 aromatic rings. The summed E-state index contributed by atoms with van der Waals surface area (Å²) in [6, 6.07) is 12.4. The number of nitriles is 1. The molecule has 1 aliphatic carbocycles. The van der Waals surface area contributed by atoms with Crippen LogP contribution in [0.15, 0.2) is 30.3 Å². The zero-order chi connectivity index (χ0) is 12.1. The van der Waals surface area contributed by atoms with Crippen LogP contribution in [0.5, 0.6) is 0 Å². The van der Waals surface area contributed by atoms with Crippen LogP contribution in [0, 0.1) is 23.2 Å². The van der Waals surface area contributed by atoms with Crippen LogP contribution in [0.3, 0.4) is 0 Å². The molecule has 2 rings (SSSR count). The molecule has 0 heterocycles. The van der Waals surface area contributed by atoms with Crippen molar-refractivity contribution < 1.29 is 0 Å². The second-order valence-electron chi connectivity index (χ2n) is 5.15. The zero-order valence-corrected chi connectivity index (χ0v) is 10.4. The van der Waals surface area contributed by atoms with Crippen LogP contribution in [0.25, 0.3) is 0 Å². The van der Waals surface area contributed by atoms with Gasteiger partial charge in [-0.3, -0.25) is 0 Å². The maximum Gasteiger partial charge on any atom is 0.117 e. The maximum absolute atomic E-state index is 9.31. The first-order valence-corrected chi connectivity index (χ1v) is 6.51. The summed E-state index contributed by atoms with van der Waals surface area (Å²) >= 11 is 0. The molecule has 0 spiro atoms. The highest BCUT2D eigenvalue weighted by Gasteiger charge is 2.26. The van der Waals surface area contributed by atoms with Crippen LogP contribution in [0.2, 0.25) is 0 Å². The SMILES string of the molecule is CC1CCCC(C(C#N)Nc2ccccc2)C1. The molecule has 2 nitrogen and oxygen atoms in total. The molecule has 0 aliphatic heterocycles. The highest BCUT2D eigenvalue weighted by atomic mass is 14.9. The molecule has 2 heteroatoms. The summed E-state index contributed by atoms with van der Waals surface area (Å²) in [5.74, 6) is 1.27. The Bertz CT molecular complexity index is 380. The maximum atomic E-state index is 9.31. The Labute approximate surface area is 104 Å². The number of nitrogens with zero attached hydrogens (tertiary/aromatic N) is 1. The summed E-state index contributed by atoms with van der Waals surface area (Å²) in [6.45, 7) is 2.29. The summed E-state index contributed by atoms with van der Waals surface area (Å²) < 4.78 is 0. The summed E-state index contributed by atoms with van der Waals surface area (Å²) in [4.78, 5) is 0. The van der Waals surface area contributed by atoms with Gasteiger partial charge in [0.2, 0.25) is 0 Å². The molecule has 0 bridgehead atoms. The Morgan fingerprint density at radius 1 is 1.29 bits per heavy atom. The van der Waals surface area contributed by atoms with Crippen LogP contribution < -0.4 is 5.32 Å². The number of benzene rings is 1. The second-order valence-corrected chi connectivity index (χ2v) is 5.15. The first kappa shape index (κ1) is 12.0. The minimum atomic E-state index is -0.0415. The Kier molecular flexibility index (Phi) is 4.03. The monoisotopic (exact) mass is 228 g/mol. The molecule has 1 aliphatic rings. The molecule has 3 unspecified atom stereocenters. The molecule has 0 aromatic heterocycles. The Morgan fingerprint density at radius 2 is 2.06 bits per heavy atom. The van der Waals surface area contributed by atoms with E-state index in [0.717, 1.165) is 11.6 Å². The van der Waals surface area contributed by atoms with Crippen molar-refractivity contribution in [1.82, 2.24) is 0 Å². The molecule has 90 valence electrons. The lowest BCUT2D eigenvalue weighted by Gasteiger charge is -2.30. The van der Waals surface area contributed by atoms with Crippen molar-refractivity contribution in [3.63, 3.8) is 0 Å².